The van der Waals surface area contributed by atoms with Gasteiger partial charge in [-0.15, -0.1) is 28.1 Å². The molecule has 0 aliphatic rings. The smallest absolute Gasteiger partial charge is 0.234 e. The fourth-order valence-corrected chi connectivity index (χ4v) is 4.29. The van der Waals surface area contributed by atoms with Gasteiger partial charge < -0.3 is 5.32 Å². The monoisotopic (exact) mass is 426 g/mol. The molecule has 29 heavy (non-hydrogen) atoms. The maximum Gasteiger partial charge on any atom is 0.234 e. The number of carbonyl (C=O) groups excluding carboxylic acids is 2. The third-order valence-corrected chi connectivity index (χ3v) is 6.22. The average molecular weight is 427 g/mol. The minimum Gasteiger partial charge on any atom is -0.325 e. The molecule has 0 aliphatic carbocycles. The third kappa shape index (κ3) is 5.21. The molecule has 1 N–H and O–H groups in total. The Morgan fingerprint density at radius 1 is 1.31 bits per heavy atom. The molecule has 0 bridgehead atoms. The first-order valence-electron chi connectivity index (χ1n) is 9.17. The molecule has 2 aromatic heterocycles. The lowest BCUT2D eigenvalue weighted by molar-refractivity contribution is -0.113. The normalized spacial score (nSPS) is 10.7. The molecule has 0 spiro atoms. The zero-order chi connectivity index (χ0) is 20.8. The summed E-state index contributed by atoms with van der Waals surface area (Å²) in [5.41, 5.74) is 2.19. The van der Waals surface area contributed by atoms with Gasteiger partial charge in [-0.2, -0.15) is 0 Å². The molecule has 150 valence electrons. The number of aryl methyl sites for hydroxylation is 1. The number of amides is 1. The largest absolute Gasteiger partial charge is 0.325 e. The van der Waals surface area contributed by atoms with Crippen LogP contribution in [-0.4, -0.2) is 32.2 Å². The lowest BCUT2D eigenvalue weighted by atomic mass is 10.1. The number of Topliss-reactive ketones (excluding diaryl/α,β-unsaturated/α-hetero) is 1. The Morgan fingerprint density at radius 2 is 2.14 bits per heavy atom. The standard InChI is InChI=1S/C21H22N4O2S2/c1-4-9-25-20(16-11-18(5-2)28-12-16)23-24-21(25)29-13-19(27)22-17-8-6-7-15(10-17)14(3)26/h4,6-8,10-12H,1,5,9,13H2,2-3H3,(H,22,27). The van der Waals surface area contributed by atoms with E-state index in [1.165, 1.54) is 23.6 Å². The second-order valence-electron chi connectivity index (χ2n) is 6.33. The Kier molecular flexibility index (Phi) is 7.00. The van der Waals surface area contributed by atoms with Gasteiger partial charge in [-0.05, 0) is 31.5 Å². The quantitative estimate of drug-likeness (QED) is 0.305. The van der Waals surface area contributed by atoms with E-state index in [-0.39, 0.29) is 17.4 Å². The van der Waals surface area contributed by atoms with Gasteiger partial charge in [0.15, 0.2) is 16.8 Å². The molecule has 0 saturated heterocycles. The number of hydrogen-bond donors (Lipinski definition) is 1. The van der Waals surface area contributed by atoms with Crippen molar-refractivity contribution in [2.45, 2.75) is 32.0 Å². The van der Waals surface area contributed by atoms with E-state index in [1.807, 2.05) is 4.57 Å². The minimum absolute atomic E-state index is 0.0415. The van der Waals surface area contributed by atoms with E-state index in [9.17, 15) is 9.59 Å². The first-order chi connectivity index (χ1) is 14.0. The summed E-state index contributed by atoms with van der Waals surface area (Å²) < 4.78 is 1.96. The van der Waals surface area contributed by atoms with Crippen molar-refractivity contribution in [2.24, 2.45) is 0 Å². The van der Waals surface area contributed by atoms with Crippen LogP contribution in [0.5, 0.6) is 0 Å². The van der Waals surface area contributed by atoms with E-state index in [0.29, 0.717) is 23.0 Å². The molecule has 3 rings (SSSR count). The molecular formula is C21H22N4O2S2. The molecule has 6 nitrogen and oxygen atoms in total. The van der Waals surface area contributed by atoms with Gasteiger partial charge in [0.1, 0.15) is 0 Å². The van der Waals surface area contributed by atoms with Crippen LogP contribution in [0.3, 0.4) is 0 Å². The molecule has 0 saturated carbocycles. The van der Waals surface area contributed by atoms with Crippen LogP contribution in [0.1, 0.15) is 29.1 Å². The van der Waals surface area contributed by atoms with Gasteiger partial charge in [0, 0.05) is 33.6 Å². The first kappa shape index (κ1) is 21.0. The summed E-state index contributed by atoms with van der Waals surface area (Å²) in [5, 5.41) is 14.2. The number of aromatic nitrogens is 3. The van der Waals surface area contributed by atoms with E-state index in [0.717, 1.165) is 17.8 Å². The SMILES string of the molecule is C=CCn1c(SCC(=O)Nc2cccc(C(C)=O)c2)nnc1-c1csc(CC)c1. The zero-order valence-electron chi connectivity index (χ0n) is 16.3. The Balaban J connectivity index is 1.70. The zero-order valence-corrected chi connectivity index (χ0v) is 18.0. The summed E-state index contributed by atoms with van der Waals surface area (Å²) >= 11 is 3.02. The van der Waals surface area contributed by atoms with E-state index in [1.54, 1.807) is 41.7 Å². The van der Waals surface area contributed by atoms with Crippen molar-refractivity contribution in [2.75, 3.05) is 11.1 Å². The number of thioether (sulfide) groups is 1. The maximum atomic E-state index is 12.4. The van der Waals surface area contributed by atoms with E-state index < -0.39 is 0 Å². The van der Waals surface area contributed by atoms with Crippen molar-refractivity contribution < 1.29 is 9.59 Å². The summed E-state index contributed by atoms with van der Waals surface area (Å²) in [4.78, 5) is 25.1. The number of nitrogens with zero attached hydrogens (tertiary/aromatic N) is 3. The van der Waals surface area contributed by atoms with Gasteiger partial charge >= 0.3 is 0 Å². The summed E-state index contributed by atoms with van der Waals surface area (Å²) in [6.07, 6.45) is 2.77. The van der Waals surface area contributed by atoms with Crippen molar-refractivity contribution in [3.63, 3.8) is 0 Å². The molecule has 3 aromatic rings. The summed E-state index contributed by atoms with van der Waals surface area (Å²) in [5.74, 6) is 0.746. The predicted molar refractivity (Wildman–Crippen MR) is 119 cm³/mol. The Morgan fingerprint density at radius 3 is 2.83 bits per heavy atom. The molecule has 0 atom stereocenters. The number of allylic oxidation sites excluding steroid dienone is 1. The molecule has 0 aliphatic heterocycles. The highest BCUT2D eigenvalue weighted by Crippen LogP contribution is 2.28. The first-order valence-corrected chi connectivity index (χ1v) is 11.0. The molecule has 8 heteroatoms. The lowest BCUT2D eigenvalue weighted by Gasteiger charge is -2.08. The fourth-order valence-electron chi connectivity index (χ4n) is 2.73. The number of anilines is 1. The van der Waals surface area contributed by atoms with Crippen LogP contribution in [0.4, 0.5) is 5.69 Å². The average Bonchev–Trinajstić information content (AvgIpc) is 3.33. The van der Waals surface area contributed by atoms with Gasteiger partial charge in [0.25, 0.3) is 0 Å². The topological polar surface area (TPSA) is 76.9 Å². The highest BCUT2D eigenvalue weighted by molar-refractivity contribution is 7.99. The molecule has 0 unspecified atom stereocenters. The van der Waals surface area contributed by atoms with E-state index in [2.05, 4.69) is 40.5 Å². The highest BCUT2D eigenvalue weighted by atomic mass is 32.2. The number of carbonyl (C=O) groups is 2. The molecule has 1 amide bonds. The van der Waals surface area contributed by atoms with Crippen molar-refractivity contribution in [3.05, 3.63) is 58.8 Å². The Labute approximate surface area is 178 Å². The third-order valence-electron chi connectivity index (χ3n) is 4.17. The lowest BCUT2D eigenvalue weighted by Crippen LogP contribution is -2.15. The summed E-state index contributed by atoms with van der Waals surface area (Å²) in [6, 6.07) is 9.02. The fraction of sp³-hybridized carbons (Fsp3) is 0.238. The summed E-state index contributed by atoms with van der Waals surface area (Å²) in [7, 11) is 0. The second kappa shape index (κ2) is 9.67. The molecule has 0 radical (unpaired) electrons. The van der Waals surface area contributed by atoms with Gasteiger partial charge in [-0.25, -0.2) is 0 Å². The van der Waals surface area contributed by atoms with Gasteiger partial charge in [0.2, 0.25) is 5.91 Å². The maximum absolute atomic E-state index is 12.4. The van der Waals surface area contributed by atoms with E-state index in [4.69, 9.17) is 0 Å². The van der Waals surface area contributed by atoms with Crippen molar-refractivity contribution >= 4 is 40.5 Å². The summed E-state index contributed by atoms with van der Waals surface area (Å²) in [6.45, 7) is 8.00. The number of ketones is 1. The number of benzene rings is 1. The molecule has 2 heterocycles. The molecule has 1 aromatic carbocycles. The van der Waals surface area contributed by atoms with Crippen LogP contribution < -0.4 is 5.32 Å². The van der Waals surface area contributed by atoms with Crippen molar-refractivity contribution in [1.82, 2.24) is 14.8 Å². The van der Waals surface area contributed by atoms with Gasteiger partial charge in [-0.1, -0.05) is 36.9 Å². The highest BCUT2D eigenvalue weighted by Gasteiger charge is 2.16. The Bertz CT molecular complexity index is 1040. The van der Waals surface area contributed by atoms with Crippen LogP contribution in [0.15, 0.2) is 53.5 Å². The van der Waals surface area contributed by atoms with Crippen LogP contribution in [0, 0.1) is 0 Å². The molecule has 0 fully saturated rings. The van der Waals surface area contributed by atoms with Crippen LogP contribution >= 0.6 is 23.1 Å². The van der Waals surface area contributed by atoms with Gasteiger partial charge in [-0.3, -0.25) is 14.2 Å². The van der Waals surface area contributed by atoms with Crippen LogP contribution in [0.25, 0.3) is 11.4 Å². The van der Waals surface area contributed by atoms with Crippen LogP contribution in [-0.2, 0) is 17.8 Å². The van der Waals surface area contributed by atoms with Crippen molar-refractivity contribution in [3.8, 4) is 11.4 Å². The van der Waals surface area contributed by atoms with E-state index >= 15 is 0 Å². The number of nitrogens with one attached hydrogen (secondary N) is 1. The predicted octanol–water partition coefficient (Wildman–Crippen LogP) is 4.69. The minimum atomic E-state index is -0.172. The number of thiophene rings is 1. The Hall–Kier alpha value is -2.71. The number of hydrogen-bond acceptors (Lipinski definition) is 6. The van der Waals surface area contributed by atoms with Gasteiger partial charge in [0.05, 0.1) is 5.75 Å². The van der Waals surface area contributed by atoms with Crippen LogP contribution in [0.2, 0.25) is 0 Å². The number of rotatable bonds is 9. The second-order valence-corrected chi connectivity index (χ2v) is 8.27. The van der Waals surface area contributed by atoms with Crippen molar-refractivity contribution in [1.29, 1.82) is 0 Å². The molecular weight excluding hydrogens is 404 g/mol.